The van der Waals surface area contributed by atoms with Gasteiger partial charge in [-0.1, -0.05) is 166 Å². The number of hydrogen-bond acceptors (Lipinski definition) is 2. The molecule has 8 aromatic carbocycles. The summed E-state index contributed by atoms with van der Waals surface area (Å²) >= 11 is 0. The number of fused-ring (bicyclic) bond motifs is 1. The first-order valence-corrected chi connectivity index (χ1v) is 18.8. The molecule has 1 heterocycles. The summed E-state index contributed by atoms with van der Waals surface area (Å²) < 4.78 is 0. The molecule has 2 nitrogen and oxygen atoms in total. The fourth-order valence-electron chi connectivity index (χ4n) is 7.88. The maximum atomic E-state index is 2.45. The van der Waals surface area contributed by atoms with E-state index in [4.69, 9.17) is 0 Å². The highest BCUT2D eigenvalue weighted by atomic mass is 15.2. The molecule has 0 bridgehead atoms. The lowest BCUT2D eigenvalue weighted by Crippen LogP contribution is -2.24. The summed E-state index contributed by atoms with van der Waals surface area (Å²) in [5, 5.41) is 0. The van der Waals surface area contributed by atoms with Crippen LogP contribution in [0.4, 0.5) is 28.4 Å². The normalized spacial score (nSPS) is 13.0. The molecule has 8 aromatic rings. The minimum absolute atomic E-state index is 0.129. The van der Waals surface area contributed by atoms with E-state index in [1.165, 1.54) is 61.4 Å². The average Bonchev–Trinajstić information content (AvgIpc) is 3.52. The standard InChI is InChI=1S/C52H42N2/c1-52(2)37-53(51-16-10-9-15-50(51)52)46-29-21-44(22-30-46)40-17-19-41(20-18-40)45-27-35-49(36-28-45)54(47-31-23-42(24-32-47)38-11-5-3-6-12-38)48-33-25-43(26-34-48)39-13-7-4-8-14-39/h3-36H,37H2,1-2H3. The Labute approximate surface area is 319 Å². The van der Waals surface area contributed by atoms with Crippen LogP contribution in [-0.2, 0) is 5.41 Å². The Balaban J connectivity index is 0.969. The Morgan fingerprint density at radius 2 is 0.667 bits per heavy atom. The summed E-state index contributed by atoms with van der Waals surface area (Å²) in [6.45, 7) is 5.65. The molecule has 2 heteroatoms. The SMILES string of the molecule is CC1(C)CN(c2ccc(-c3ccc(-c4ccc(N(c5ccc(-c6ccccc6)cc5)c5ccc(-c6ccccc6)cc5)cc4)cc3)cc2)c2ccccc21. The average molecular weight is 695 g/mol. The van der Waals surface area contributed by atoms with Gasteiger partial charge in [-0.3, -0.25) is 0 Å². The number of nitrogens with zero attached hydrogens (tertiary/aromatic N) is 2. The molecular formula is C52H42N2. The Hall–Kier alpha value is -6.64. The van der Waals surface area contributed by atoms with E-state index in [1.54, 1.807) is 0 Å². The quantitative estimate of drug-likeness (QED) is 0.156. The Morgan fingerprint density at radius 3 is 1.07 bits per heavy atom. The van der Waals surface area contributed by atoms with Gasteiger partial charge in [0, 0.05) is 40.4 Å². The summed E-state index contributed by atoms with van der Waals surface area (Å²) in [5.74, 6) is 0. The van der Waals surface area contributed by atoms with Gasteiger partial charge in [0.05, 0.1) is 0 Å². The van der Waals surface area contributed by atoms with Crippen LogP contribution in [0, 0.1) is 0 Å². The zero-order valence-electron chi connectivity index (χ0n) is 30.7. The maximum Gasteiger partial charge on any atom is 0.0462 e. The van der Waals surface area contributed by atoms with Gasteiger partial charge in [0.1, 0.15) is 0 Å². The monoisotopic (exact) mass is 694 g/mol. The molecule has 1 aliphatic rings. The Kier molecular flexibility index (Phi) is 8.65. The molecule has 0 fully saturated rings. The number of rotatable bonds is 8. The van der Waals surface area contributed by atoms with E-state index < -0.39 is 0 Å². The molecule has 0 atom stereocenters. The van der Waals surface area contributed by atoms with Crippen molar-refractivity contribution in [2.75, 3.05) is 16.3 Å². The number of benzene rings is 8. The Bertz CT molecular complexity index is 2400. The van der Waals surface area contributed by atoms with Gasteiger partial charge in [-0.25, -0.2) is 0 Å². The molecular weight excluding hydrogens is 653 g/mol. The third-order valence-electron chi connectivity index (χ3n) is 10.8. The lowest BCUT2D eigenvalue weighted by atomic mass is 9.87. The zero-order chi connectivity index (χ0) is 36.5. The van der Waals surface area contributed by atoms with Crippen molar-refractivity contribution < 1.29 is 0 Å². The van der Waals surface area contributed by atoms with E-state index in [-0.39, 0.29) is 5.41 Å². The first kappa shape index (κ1) is 33.2. The molecule has 0 saturated heterocycles. The van der Waals surface area contributed by atoms with Crippen LogP contribution in [0.3, 0.4) is 0 Å². The van der Waals surface area contributed by atoms with Gasteiger partial charge in [-0.15, -0.1) is 0 Å². The zero-order valence-corrected chi connectivity index (χ0v) is 30.7. The second-order valence-electron chi connectivity index (χ2n) is 14.8. The van der Waals surface area contributed by atoms with Crippen LogP contribution in [0.25, 0.3) is 44.5 Å². The fraction of sp³-hybridized carbons (Fsp3) is 0.0769. The van der Waals surface area contributed by atoms with Crippen LogP contribution in [0.15, 0.2) is 206 Å². The number of hydrogen-bond donors (Lipinski definition) is 0. The molecule has 0 radical (unpaired) electrons. The van der Waals surface area contributed by atoms with Crippen molar-refractivity contribution in [3.05, 3.63) is 212 Å². The van der Waals surface area contributed by atoms with Crippen LogP contribution in [0.2, 0.25) is 0 Å². The third-order valence-corrected chi connectivity index (χ3v) is 10.8. The van der Waals surface area contributed by atoms with Gasteiger partial charge >= 0.3 is 0 Å². The molecule has 0 saturated carbocycles. The van der Waals surface area contributed by atoms with Gasteiger partial charge in [-0.05, 0) is 105 Å². The Morgan fingerprint density at radius 1 is 0.352 bits per heavy atom. The van der Waals surface area contributed by atoms with Crippen LogP contribution in [0.5, 0.6) is 0 Å². The molecule has 9 rings (SSSR count). The van der Waals surface area contributed by atoms with Crippen molar-refractivity contribution in [3.63, 3.8) is 0 Å². The minimum atomic E-state index is 0.129. The van der Waals surface area contributed by atoms with Gasteiger partial charge in [0.2, 0.25) is 0 Å². The lowest BCUT2D eigenvalue weighted by molar-refractivity contribution is 0.569. The molecule has 0 aliphatic carbocycles. The van der Waals surface area contributed by atoms with E-state index in [0.717, 1.165) is 23.6 Å². The van der Waals surface area contributed by atoms with Crippen LogP contribution in [-0.4, -0.2) is 6.54 Å². The van der Waals surface area contributed by atoms with E-state index in [2.05, 4.69) is 230 Å². The van der Waals surface area contributed by atoms with Crippen molar-refractivity contribution in [1.29, 1.82) is 0 Å². The van der Waals surface area contributed by atoms with Crippen molar-refractivity contribution in [3.8, 4) is 44.5 Å². The van der Waals surface area contributed by atoms with Gasteiger partial charge in [0.25, 0.3) is 0 Å². The molecule has 1 aliphatic heterocycles. The molecule has 0 unspecified atom stereocenters. The molecule has 54 heavy (non-hydrogen) atoms. The molecule has 0 spiro atoms. The molecule has 0 amide bonds. The maximum absolute atomic E-state index is 2.45. The highest BCUT2D eigenvalue weighted by molar-refractivity contribution is 5.82. The summed E-state index contributed by atoms with van der Waals surface area (Å²) in [5.41, 5.74) is 17.1. The first-order chi connectivity index (χ1) is 26.5. The van der Waals surface area contributed by atoms with Crippen LogP contribution >= 0.6 is 0 Å². The smallest absolute Gasteiger partial charge is 0.0462 e. The molecule has 0 aromatic heterocycles. The van der Waals surface area contributed by atoms with Crippen LogP contribution in [0.1, 0.15) is 19.4 Å². The molecule has 260 valence electrons. The van der Waals surface area contributed by atoms with E-state index >= 15 is 0 Å². The predicted molar refractivity (Wildman–Crippen MR) is 229 cm³/mol. The highest BCUT2D eigenvalue weighted by Crippen LogP contribution is 2.44. The second kappa shape index (κ2) is 14.1. The summed E-state index contributed by atoms with van der Waals surface area (Å²) in [6, 6.07) is 74.5. The minimum Gasteiger partial charge on any atom is -0.340 e. The van der Waals surface area contributed by atoms with E-state index in [9.17, 15) is 0 Å². The van der Waals surface area contributed by atoms with E-state index in [1.807, 2.05) is 0 Å². The van der Waals surface area contributed by atoms with Gasteiger partial charge in [0.15, 0.2) is 0 Å². The first-order valence-electron chi connectivity index (χ1n) is 18.8. The van der Waals surface area contributed by atoms with Crippen molar-refractivity contribution in [2.24, 2.45) is 0 Å². The van der Waals surface area contributed by atoms with Crippen LogP contribution < -0.4 is 9.80 Å². The largest absolute Gasteiger partial charge is 0.340 e. The summed E-state index contributed by atoms with van der Waals surface area (Å²) in [4.78, 5) is 4.79. The van der Waals surface area contributed by atoms with Crippen molar-refractivity contribution in [2.45, 2.75) is 19.3 Å². The van der Waals surface area contributed by atoms with E-state index in [0.29, 0.717) is 0 Å². The van der Waals surface area contributed by atoms with Crippen molar-refractivity contribution >= 4 is 28.4 Å². The topological polar surface area (TPSA) is 6.48 Å². The number of anilines is 5. The second-order valence-corrected chi connectivity index (χ2v) is 14.8. The van der Waals surface area contributed by atoms with Gasteiger partial charge < -0.3 is 9.80 Å². The highest BCUT2D eigenvalue weighted by Gasteiger charge is 2.35. The summed E-state index contributed by atoms with van der Waals surface area (Å²) in [7, 11) is 0. The number of para-hydroxylation sites is 1. The fourth-order valence-corrected chi connectivity index (χ4v) is 7.88. The predicted octanol–water partition coefficient (Wildman–Crippen LogP) is 14.3. The van der Waals surface area contributed by atoms with Crippen molar-refractivity contribution in [1.82, 2.24) is 0 Å². The third kappa shape index (κ3) is 6.48. The lowest BCUT2D eigenvalue weighted by Gasteiger charge is -2.26. The molecule has 0 N–H and O–H groups in total. The van der Waals surface area contributed by atoms with Gasteiger partial charge in [-0.2, -0.15) is 0 Å². The summed E-state index contributed by atoms with van der Waals surface area (Å²) in [6.07, 6.45) is 0.